The third-order valence-electron chi connectivity index (χ3n) is 4.15. The van der Waals surface area contributed by atoms with Crippen molar-refractivity contribution >= 4 is 16.7 Å². The van der Waals surface area contributed by atoms with Gasteiger partial charge in [0.05, 0.1) is 5.92 Å². The number of aromatic nitrogens is 1. The molecule has 1 N–H and O–H groups in total. The molecule has 1 aliphatic heterocycles. The number of hydrogen-bond acceptors (Lipinski definition) is 3. The molecule has 4 heteroatoms. The Hall–Kier alpha value is -1.94. The second-order valence-electron chi connectivity index (χ2n) is 5.64. The Morgan fingerprint density at radius 2 is 2.15 bits per heavy atom. The topological polar surface area (TPSA) is 53.4 Å². The SMILES string of the molecule is CC1CN(Cc2cncc3ccccc23)CC1C(=O)O. The van der Waals surface area contributed by atoms with Crippen LogP contribution in [-0.4, -0.2) is 34.0 Å². The Morgan fingerprint density at radius 1 is 1.35 bits per heavy atom. The van der Waals surface area contributed by atoms with E-state index in [1.807, 2.05) is 31.5 Å². The Balaban J connectivity index is 1.82. The van der Waals surface area contributed by atoms with Crippen molar-refractivity contribution in [3.8, 4) is 0 Å². The van der Waals surface area contributed by atoms with E-state index in [1.54, 1.807) is 0 Å². The van der Waals surface area contributed by atoms with Crippen molar-refractivity contribution in [3.63, 3.8) is 0 Å². The van der Waals surface area contributed by atoms with Crippen LogP contribution in [0.2, 0.25) is 0 Å². The predicted octanol–water partition coefficient (Wildman–Crippen LogP) is 2.39. The number of rotatable bonds is 3. The zero-order valence-electron chi connectivity index (χ0n) is 11.5. The first-order valence-electron chi connectivity index (χ1n) is 6.92. The number of aliphatic carboxylic acids is 1. The van der Waals surface area contributed by atoms with E-state index in [0.717, 1.165) is 18.5 Å². The standard InChI is InChI=1S/C16H18N2O2/c1-11-8-18(10-15(11)16(19)20)9-13-7-17-6-12-4-2-3-5-14(12)13/h2-7,11,15H,8-10H2,1H3,(H,19,20). The van der Waals surface area contributed by atoms with Gasteiger partial charge in [-0.05, 0) is 16.9 Å². The van der Waals surface area contributed by atoms with Crippen LogP contribution < -0.4 is 0 Å². The van der Waals surface area contributed by atoms with E-state index in [2.05, 4.69) is 22.0 Å². The molecule has 0 bridgehead atoms. The van der Waals surface area contributed by atoms with E-state index in [4.69, 9.17) is 0 Å². The lowest BCUT2D eigenvalue weighted by Crippen LogP contribution is -2.23. The van der Waals surface area contributed by atoms with Gasteiger partial charge < -0.3 is 5.11 Å². The summed E-state index contributed by atoms with van der Waals surface area (Å²) in [6, 6.07) is 8.18. The minimum absolute atomic E-state index is 0.204. The molecule has 4 nitrogen and oxygen atoms in total. The zero-order chi connectivity index (χ0) is 14.1. The Labute approximate surface area is 118 Å². The molecule has 2 unspecified atom stereocenters. The number of pyridine rings is 1. The van der Waals surface area contributed by atoms with Crippen molar-refractivity contribution in [2.75, 3.05) is 13.1 Å². The molecule has 0 spiro atoms. The molecule has 1 aromatic heterocycles. The van der Waals surface area contributed by atoms with Crippen LogP contribution in [0.3, 0.4) is 0 Å². The zero-order valence-corrected chi connectivity index (χ0v) is 11.5. The molecule has 2 heterocycles. The quantitative estimate of drug-likeness (QED) is 0.930. The van der Waals surface area contributed by atoms with Gasteiger partial charge in [-0.3, -0.25) is 14.7 Å². The van der Waals surface area contributed by atoms with Gasteiger partial charge in [0.25, 0.3) is 0 Å². The molecule has 0 saturated carbocycles. The normalized spacial score (nSPS) is 23.2. The fourth-order valence-electron chi connectivity index (χ4n) is 3.06. The van der Waals surface area contributed by atoms with E-state index in [0.29, 0.717) is 6.54 Å². The number of hydrogen-bond donors (Lipinski definition) is 1. The van der Waals surface area contributed by atoms with Gasteiger partial charge in [0, 0.05) is 37.4 Å². The number of nitrogens with zero attached hydrogens (tertiary/aromatic N) is 2. The summed E-state index contributed by atoms with van der Waals surface area (Å²) in [6.45, 7) is 4.24. The van der Waals surface area contributed by atoms with Gasteiger partial charge in [-0.25, -0.2) is 0 Å². The summed E-state index contributed by atoms with van der Waals surface area (Å²) in [4.78, 5) is 17.7. The Morgan fingerprint density at radius 3 is 2.90 bits per heavy atom. The van der Waals surface area contributed by atoms with E-state index in [-0.39, 0.29) is 11.8 Å². The summed E-state index contributed by atoms with van der Waals surface area (Å²) in [5.74, 6) is -0.732. The van der Waals surface area contributed by atoms with Crippen molar-refractivity contribution in [1.29, 1.82) is 0 Å². The largest absolute Gasteiger partial charge is 0.481 e. The first-order chi connectivity index (χ1) is 9.65. The van der Waals surface area contributed by atoms with Crippen LogP contribution in [0, 0.1) is 11.8 Å². The summed E-state index contributed by atoms with van der Waals surface area (Å²) in [5.41, 5.74) is 1.17. The minimum atomic E-state index is -0.684. The molecule has 2 atom stereocenters. The highest BCUT2D eigenvalue weighted by atomic mass is 16.4. The molecule has 1 saturated heterocycles. The summed E-state index contributed by atoms with van der Waals surface area (Å²) >= 11 is 0. The average Bonchev–Trinajstić information content (AvgIpc) is 2.80. The molecule has 20 heavy (non-hydrogen) atoms. The van der Waals surface area contributed by atoms with Crippen molar-refractivity contribution in [2.45, 2.75) is 13.5 Å². The van der Waals surface area contributed by atoms with E-state index in [9.17, 15) is 9.90 Å². The second kappa shape index (κ2) is 5.21. The number of carbonyl (C=O) groups is 1. The summed E-state index contributed by atoms with van der Waals surface area (Å²) in [5, 5.41) is 11.5. The van der Waals surface area contributed by atoms with E-state index in [1.165, 1.54) is 10.9 Å². The van der Waals surface area contributed by atoms with Crippen LogP contribution in [0.5, 0.6) is 0 Å². The number of carboxylic acids is 1. The number of carboxylic acid groups (broad SMARTS) is 1. The molecular formula is C16H18N2O2. The van der Waals surface area contributed by atoms with Crippen LogP contribution in [0.1, 0.15) is 12.5 Å². The molecule has 2 aromatic rings. The minimum Gasteiger partial charge on any atom is -0.481 e. The first kappa shape index (κ1) is 13.1. The predicted molar refractivity (Wildman–Crippen MR) is 77.3 cm³/mol. The highest BCUT2D eigenvalue weighted by Crippen LogP contribution is 2.26. The highest BCUT2D eigenvalue weighted by molar-refractivity contribution is 5.84. The Kier molecular flexibility index (Phi) is 3.40. The van der Waals surface area contributed by atoms with Gasteiger partial charge >= 0.3 is 5.97 Å². The van der Waals surface area contributed by atoms with Gasteiger partial charge in [0.1, 0.15) is 0 Å². The van der Waals surface area contributed by atoms with Gasteiger partial charge in [0.15, 0.2) is 0 Å². The van der Waals surface area contributed by atoms with Crippen LogP contribution in [0.15, 0.2) is 36.7 Å². The monoisotopic (exact) mass is 270 g/mol. The molecule has 1 aliphatic rings. The lowest BCUT2D eigenvalue weighted by molar-refractivity contribution is -0.142. The maximum atomic E-state index is 11.2. The number of fused-ring (bicyclic) bond motifs is 1. The molecule has 3 rings (SSSR count). The maximum absolute atomic E-state index is 11.2. The summed E-state index contributed by atoms with van der Waals surface area (Å²) < 4.78 is 0. The van der Waals surface area contributed by atoms with Gasteiger partial charge in [-0.1, -0.05) is 31.2 Å². The van der Waals surface area contributed by atoms with Crippen LogP contribution in [0.25, 0.3) is 10.8 Å². The van der Waals surface area contributed by atoms with Gasteiger partial charge in [0.2, 0.25) is 0 Å². The van der Waals surface area contributed by atoms with Crippen molar-refractivity contribution < 1.29 is 9.90 Å². The molecule has 1 aromatic carbocycles. The van der Waals surface area contributed by atoms with E-state index >= 15 is 0 Å². The smallest absolute Gasteiger partial charge is 0.308 e. The highest BCUT2D eigenvalue weighted by Gasteiger charge is 2.34. The lowest BCUT2D eigenvalue weighted by Gasteiger charge is -2.16. The lowest BCUT2D eigenvalue weighted by atomic mass is 9.99. The molecular weight excluding hydrogens is 252 g/mol. The molecule has 0 aliphatic carbocycles. The van der Waals surface area contributed by atoms with Crippen molar-refractivity contribution in [2.24, 2.45) is 11.8 Å². The van der Waals surface area contributed by atoms with Crippen molar-refractivity contribution in [1.82, 2.24) is 9.88 Å². The van der Waals surface area contributed by atoms with Crippen molar-refractivity contribution in [3.05, 3.63) is 42.2 Å². The van der Waals surface area contributed by atoms with Crippen LogP contribution in [0.4, 0.5) is 0 Å². The first-order valence-corrected chi connectivity index (χ1v) is 6.92. The third kappa shape index (κ3) is 2.39. The fourth-order valence-corrected chi connectivity index (χ4v) is 3.06. The van der Waals surface area contributed by atoms with Crippen LogP contribution in [-0.2, 0) is 11.3 Å². The van der Waals surface area contributed by atoms with Gasteiger partial charge in [-0.2, -0.15) is 0 Å². The number of benzene rings is 1. The van der Waals surface area contributed by atoms with Crippen LogP contribution >= 0.6 is 0 Å². The average molecular weight is 270 g/mol. The molecule has 104 valence electrons. The third-order valence-corrected chi connectivity index (χ3v) is 4.15. The maximum Gasteiger partial charge on any atom is 0.308 e. The molecule has 1 fully saturated rings. The van der Waals surface area contributed by atoms with E-state index < -0.39 is 5.97 Å². The molecule has 0 radical (unpaired) electrons. The molecule has 0 amide bonds. The summed E-state index contributed by atoms with van der Waals surface area (Å²) in [7, 11) is 0. The summed E-state index contributed by atoms with van der Waals surface area (Å²) in [6.07, 6.45) is 3.76. The fraction of sp³-hybridized carbons (Fsp3) is 0.375. The van der Waals surface area contributed by atoms with Gasteiger partial charge in [-0.15, -0.1) is 0 Å². The second-order valence-corrected chi connectivity index (χ2v) is 5.64. The Bertz CT molecular complexity index is 636. The number of likely N-dealkylation sites (tertiary alicyclic amines) is 1.